The number of methoxy groups -OCH3 is 1. The Bertz CT molecular complexity index is 1080. The molecule has 2 aromatic carbocycles. The van der Waals surface area contributed by atoms with Crippen LogP contribution in [0.4, 0.5) is 5.69 Å². The maximum atomic E-state index is 13.2. The highest BCUT2D eigenvalue weighted by Crippen LogP contribution is 2.22. The zero-order valence-corrected chi connectivity index (χ0v) is 23.1. The van der Waals surface area contributed by atoms with Crippen LogP contribution in [0.2, 0.25) is 0 Å². The van der Waals surface area contributed by atoms with E-state index in [1.807, 2.05) is 31.2 Å². The monoisotopic (exact) mass is 567 g/mol. The summed E-state index contributed by atoms with van der Waals surface area (Å²) in [7, 11) is -2.01. The van der Waals surface area contributed by atoms with Crippen LogP contribution >= 0.6 is 15.9 Å². The summed E-state index contributed by atoms with van der Waals surface area (Å²) < 4.78 is 32.1. The lowest BCUT2D eigenvalue weighted by Gasteiger charge is -2.29. The lowest BCUT2D eigenvalue weighted by Crippen LogP contribution is -2.47. The normalized spacial score (nSPS) is 12.0. The van der Waals surface area contributed by atoms with Gasteiger partial charge in [0.1, 0.15) is 11.8 Å². The second-order valence-corrected chi connectivity index (χ2v) is 11.1. The molecule has 0 aliphatic carbocycles. The Morgan fingerprint density at radius 2 is 1.71 bits per heavy atom. The molecule has 0 aliphatic rings. The predicted octanol–water partition coefficient (Wildman–Crippen LogP) is 3.95. The van der Waals surface area contributed by atoms with Crippen molar-refractivity contribution in [1.29, 1.82) is 0 Å². The van der Waals surface area contributed by atoms with Crippen molar-refractivity contribution in [3.05, 3.63) is 58.6 Å². The van der Waals surface area contributed by atoms with Gasteiger partial charge in [0.15, 0.2) is 0 Å². The molecule has 0 spiro atoms. The molecule has 10 heteroatoms. The van der Waals surface area contributed by atoms with Crippen LogP contribution in [0.3, 0.4) is 0 Å². The molecule has 0 bridgehead atoms. The highest BCUT2D eigenvalue weighted by Gasteiger charge is 2.26. The van der Waals surface area contributed by atoms with Gasteiger partial charge in [-0.1, -0.05) is 35.0 Å². The molecule has 0 aromatic heterocycles. The topological polar surface area (TPSA) is 96.0 Å². The standard InChI is InChI=1S/C25H34BrN3O5S/c1-5-16-27-25(31)19(2)28(18-20-8-10-21(26)11-9-20)24(30)7-6-17-29(35(4,32)33)22-12-14-23(34-3)15-13-22/h8-15,19H,5-7,16-18H2,1-4H3,(H,27,31)/t19-/m1/s1. The van der Waals surface area contributed by atoms with E-state index in [0.717, 1.165) is 22.7 Å². The second kappa shape index (κ2) is 13.5. The molecule has 0 saturated carbocycles. The van der Waals surface area contributed by atoms with E-state index in [-0.39, 0.29) is 31.3 Å². The molecule has 1 atom stereocenters. The fourth-order valence-electron chi connectivity index (χ4n) is 3.52. The average Bonchev–Trinajstić information content (AvgIpc) is 2.83. The number of carbonyl (C=O) groups is 2. The number of nitrogens with one attached hydrogen (secondary N) is 1. The summed E-state index contributed by atoms with van der Waals surface area (Å²) in [5.74, 6) is 0.194. The van der Waals surface area contributed by atoms with Crippen molar-refractivity contribution in [3.8, 4) is 5.75 Å². The van der Waals surface area contributed by atoms with Crippen molar-refractivity contribution in [3.63, 3.8) is 0 Å². The van der Waals surface area contributed by atoms with Gasteiger partial charge < -0.3 is 15.0 Å². The zero-order chi connectivity index (χ0) is 26.0. The van der Waals surface area contributed by atoms with E-state index < -0.39 is 16.1 Å². The molecule has 2 aromatic rings. The van der Waals surface area contributed by atoms with E-state index in [0.29, 0.717) is 24.4 Å². The van der Waals surface area contributed by atoms with Crippen LogP contribution in [0.1, 0.15) is 38.7 Å². The minimum Gasteiger partial charge on any atom is -0.497 e. The van der Waals surface area contributed by atoms with Gasteiger partial charge in [0, 0.05) is 30.5 Å². The van der Waals surface area contributed by atoms with E-state index in [9.17, 15) is 18.0 Å². The average molecular weight is 569 g/mol. The van der Waals surface area contributed by atoms with Crippen molar-refractivity contribution in [2.24, 2.45) is 0 Å². The number of ether oxygens (including phenoxy) is 1. The third-order valence-electron chi connectivity index (χ3n) is 5.50. The predicted molar refractivity (Wildman–Crippen MR) is 142 cm³/mol. The summed E-state index contributed by atoms with van der Waals surface area (Å²) in [4.78, 5) is 27.4. The summed E-state index contributed by atoms with van der Waals surface area (Å²) in [6.07, 6.45) is 2.34. The molecular weight excluding hydrogens is 534 g/mol. The number of carbonyl (C=O) groups excluding carboxylic acids is 2. The number of amides is 2. The Kier molecular flexibility index (Phi) is 11.0. The van der Waals surface area contributed by atoms with E-state index >= 15 is 0 Å². The molecule has 0 fully saturated rings. The first kappa shape index (κ1) is 28.6. The number of rotatable bonds is 13. The van der Waals surface area contributed by atoms with Crippen molar-refractivity contribution < 1.29 is 22.7 Å². The quantitative estimate of drug-likeness (QED) is 0.395. The van der Waals surface area contributed by atoms with Gasteiger partial charge in [-0.05, 0) is 61.7 Å². The van der Waals surface area contributed by atoms with Gasteiger partial charge in [0.05, 0.1) is 19.1 Å². The molecule has 2 amide bonds. The lowest BCUT2D eigenvalue weighted by molar-refractivity contribution is -0.140. The Labute approximate surface area is 216 Å². The van der Waals surface area contributed by atoms with Crippen LogP contribution in [-0.2, 0) is 26.2 Å². The van der Waals surface area contributed by atoms with Gasteiger partial charge >= 0.3 is 0 Å². The molecular formula is C25H34BrN3O5S. The zero-order valence-electron chi connectivity index (χ0n) is 20.7. The van der Waals surface area contributed by atoms with Gasteiger partial charge in [-0.25, -0.2) is 8.42 Å². The number of hydrogen-bond acceptors (Lipinski definition) is 5. The van der Waals surface area contributed by atoms with Gasteiger partial charge in [-0.15, -0.1) is 0 Å². The van der Waals surface area contributed by atoms with Crippen LogP contribution in [-0.4, -0.2) is 57.6 Å². The Morgan fingerprint density at radius 3 is 2.26 bits per heavy atom. The van der Waals surface area contributed by atoms with Crippen molar-refractivity contribution in [1.82, 2.24) is 10.2 Å². The summed E-state index contributed by atoms with van der Waals surface area (Å²) in [6.45, 7) is 4.63. The largest absolute Gasteiger partial charge is 0.497 e. The Balaban J connectivity index is 2.14. The number of hydrogen-bond donors (Lipinski definition) is 1. The third kappa shape index (κ3) is 8.85. The first-order valence-electron chi connectivity index (χ1n) is 11.5. The molecule has 8 nitrogen and oxygen atoms in total. The fraction of sp³-hybridized carbons (Fsp3) is 0.440. The van der Waals surface area contributed by atoms with E-state index in [1.54, 1.807) is 43.2 Å². The maximum Gasteiger partial charge on any atom is 0.242 e. The minimum absolute atomic E-state index is 0.101. The smallest absolute Gasteiger partial charge is 0.242 e. The highest BCUT2D eigenvalue weighted by molar-refractivity contribution is 9.10. The van der Waals surface area contributed by atoms with Crippen LogP contribution in [0.25, 0.3) is 0 Å². The number of halogens is 1. The van der Waals surface area contributed by atoms with Gasteiger partial charge in [0.2, 0.25) is 21.8 Å². The number of sulfonamides is 1. The van der Waals surface area contributed by atoms with Crippen LogP contribution in [0, 0.1) is 0 Å². The molecule has 0 unspecified atom stereocenters. The molecule has 35 heavy (non-hydrogen) atoms. The first-order valence-corrected chi connectivity index (χ1v) is 14.1. The molecule has 1 N–H and O–H groups in total. The van der Waals surface area contributed by atoms with Gasteiger partial charge in [0.25, 0.3) is 0 Å². The van der Waals surface area contributed by atoms with Crippen molar-refractivity contribution >= 4 is 43.5 Å². The van der Waals surface area contributed by atoms with Crippen molar-refractivity contribution in [2.75, 3.05) is 30.8 Å². The van der Waals surface area contributed by atoms with Gasteiger partial charge in [-0.2, -0.15) is 0 Å². The van der Waals surface area contributed by atoms with Gasteiger partial charge in [-0.3, -0.25) is 13.9 Å². The molecule has 0 radical (unpaired) electrons. The first-order chi connectivity index (χ1) is 16.6. The summed E-state index contributed by atoms with van der Waals surface area (Å²) >= 11 is 3.41. The molecule has 0 heterocycles. The molecule has 0 saturated heterocycles. The van der Waals surface area contributed by atoms with Crippen LogP contribution < -0.4 is 14.4 Å². The van der Waals surface area contributed by atoms with E-state index in [2.05, 4.69) is 21.2 Å². The summed E-state index contributed by atoms with van der Waals surface area (Å²) in [6, 6.07) is 13.6. The summed E-state index contributed by atoms with van der Waals surface area (Å²) in [5, 5.41) is 2.85. The summed E-state index contributed by atoms with van der Waals surface area (Å²) in [5.41, 5.74) is 1.40. The highest BCUT2D eigenvalue weighted by atomic mass is 79.9. The maximum absolute atomic E-state index is 13.2. The number of anilines is 1. The third-order valence-corrected chi connectivity index (χ3v) is 7.22. The van der Waals surface area contributed by atoms with Crippen LogP contribution in [0.15, 0.2) is 53.0 Å². The lowest BCUT2D eigenvalue weighted by atomic mass is 10.1. The second-order valence-electron chi connectivity index (χ2n) is 8.25. The van der Waals surface area contributed by atoms with Crippen LogP contribution in [0.5, 0.6) is 5.75 Å². The molecule has 2 rings (SSSR count). The Morgan fingerprint density at radius 1 is 1.09 bits per heavy atom. The van der Waals surface area contributed by atoms with E-state index in [1.165, 1.54) is 4.31 Å². The minimum atomic E-state index is -3.55. The molecule has 192 valence electrons. The fourth-order valence-corrected chi connectivity index (χ4v) is 4.75. The van der Waals surface area contributed by atoms with E-state index in [4.69, 9.17) is 4.74 Å². The number of nitrogens with zero attached hydrogens (tertiary/aromatic N) is 2. The SMILES string of the molecule is CCCNC(=O)[C@@H](C)N(Cc1ccc(Br)cc1)C(=O)CCCN(c1ccc(OC)cc1)S(C)(=O)=O. The number of benzene rings is 2. The Hall–Kier alpha value is -2.59. The van der Waals surface area contributed by atoms with Crippen molar-refractivity contribution in [2.45, 2.75) is 45.7 Å². The molecule has 0 aliphatic heterocycles.